The summed E-state index contributed by atoms with van der Waals surface area (Å²) in [5.74, 6) is -0.802. The molecule has 0 bridgehead atoms. The molecule has 5 nitrogen and oxygen atoms in total. The molecule has 0 aromatic heterocycles. The van der Waals surface area contributed by atoms with E-state index in [4.69, 9.17) is 33.0 Å². The maximum absolute atomic E-state index is 11.7. The van der Waals surface area contributed by atoms with E-state index in [9.17, 15) is 9.59 Å². The molecule has 1 amide bonds. The Kier molecular flexibility index (Phi) is 4.96. The SMILES string of the molecule is O=C(COc1ccc(Cl)c(Cl)c1)NCC1(C(=O)O)CCC1. The Morgan fingerprint density at radius 1 is 1.29 bits per heavy atom. The lowest BCUT2D eigenvalue weighted by atomic mass is 9.69. The zero-order valence-electron chi connectivity index (χ0n) is 11.2. The van der Waals surface area contributed by atoms with Crippen LogP contribution in [0.3, 0.4) is 0 Å². The van der Waals surface area contributed by atoms with E-state index in [1.807, 2.05) is 0 Å². The largest absolute Gasteiger partial charge is 0.484 e. The fraction of sp³-hybridized carbons (Fsp3) is 0.429. The Labute approximate surface area is 132 Å². The molecule has 1 fully saturated rings. The summed E-state index contributed by atoms with van der Waals surface area (Å²) in [4.78, 5) is 22.8. The Hall–Kier alpha value is -1.46. The lowest BCUT2D eigenvalue weighted by Crippen LogP contribution is -2.48. The molecule has 2 rings (SSSR count). The number of benzene rings is 1. The van der Waals surface area contributed by atoms with Crippen LogP contribution in [0, 0.1) is 5.41 Å². The topological polar surface area (TPSA) is 75.6 Å². The van der Waals surface area contributed by atoms with Crippen molar-refractivity contribution in [1.82, 2.24) is 5.32 Å². The molecule has 114 valence electrons. The van der Waals surface area contributed by atoms with Crippen LogP contribution in [-0.2, 0) is 9.59 Å². The third-order valence-corrected chi connectivity index (χ3v) is 4.39. The van der Waals surface area contributed by atoms with Crippen LogP contribution in [-0.4, -0.2) is 30.1 Å². The van der Waals surface area contributed by atoms with Gasteiger partial charge in [-0.3, -0.25) is 9.59 Å². The van der Waals surface area contributed by atoms with E-state index >= 15 is 0 Å². The first-order valence-electron chi connectivity index (χ1n) is 6.51. The van der Waals surface area contributed by atoms with Gasteiger partial charge in [-0.15, -0.1) is 0 Å². The maximum Gasteiger partial charge on any atom is 0.311 e. The molecule has 1 aromatic carbocycles. The lowest BCUT2D eigenvalue weighted by molar-refractivity contribution is -0.154. The van der Waals surface area contributed by atoms with Crippen molar-refractivity contribution in [2.75, 3.05) is 13.2 Å². The summed E-state index contributed by atoms with van der Waals surface area (Å²) >= 11 is 11.6. The van der Waals surface area contributed by atoms with Gasteiger partial charge in [0, 0.05) is 12.6 Å². The van der Waals surface area contributed by atoms with E-state index in [1.165, 1.54) is 6.07 Å². The number of amides is 1. The maximum atomic E-state index is 11.7. The van der Waals surface area contributed by atoms with Gasteiger partial charge in [-0.1, -0.05) is 29.6 Å². The van der Waals surface area contributed by atoms with E-state index in [0.717, 1.165) is 6.42 Å². The van der Waals surface area contributed by atoms with Crippen LogP contribution in [0.15, 0.2) is 18.2 Å². The van der Waals surface area contributed by atoms with Crippen molar-refractivity contribution in [3.63, 3.8) is 0 Å². The molecule has 0 atom stereocenters. The summed E-state index contributed by atoms with van der Waals surface area (Å²) < 4.78 is 5.28. The fourth-order valence-electron chi connectivity index (χ4n) is 2.10. The Morgan fingerprint density at radius 3 is 2.52 bits per heavy atom. The molecule has 2 N–H and O–H groups in total. The molecule has 0 unspecified atom stereocenters. The first kappa shape index (κ1) is 15.9. The van der Waals surface area contributed by atoms with Crippen molar-refractivity contribution < 1.29 is 19.4 Å². The zero-order chi connectivity index (χ0) is 15.5. The number of carbonyl (C=O) groups is 2. The normalized spacial score (nSPS) is 15.9. The second-order valence-corrected chi connectivity index (χ2v) is 5.89. The smallest absolute Gasteiger partial charge is 0.311 e. The molecule has 0 saturated heterocycles. The zero-order valence-corrected chi connectivity index (χ0v) is 12.7. The molecule has 0 radical (unpaired) electrons. The van der Waals surface area contributed by atoms with Gasteiger partial charge in [-0.25, -0.2) is 0 Å². The first-order valence-corrected chi connectivity index (χ1v) is 7.26. The Balaban J connectivity index is 1.79. The minimum Gasteiger partial charge on any atom is -0.484 e. The third-order valence-electron chi connectivity index (χ3n) is 3.65. The highest BCUT2D eigenvalue weighted by molar-refractivity contribution is 6.42. The summed E-state index contributed by atoms with van der Waals surface area (Å²) in [6.45, 7) is -0.0699. The summed E-state index contributed by atoms with van der Waals surface area (Å²) in [6.07, 6.45) is 2.06. The summed E-state index contributed by atoms with van der Waals surface area (Å²) in [7, 11) is 0. The number of carbonyl (C=O) groups excluding carboxylic acids is 1. The monoisotopic (exact) mass is 331 g/mol. The van der Waals surface area contributed by atoms with Crippen LogP contribution < -0.4 is 10.1 Å². The highest BCUT2D eigenvalue weighted by atomic mass is 35.5. The molecule has 0 aliphatic heterocycles. The highest BCUT2D eigenvalue weighted by Crippen LogP contribution is 2.40. The van der Waals surface area contributed by atoms with Gasteiger partial charge < -0.3 is 15.2 Å². The van der Waals surface area contributed by atoms with Crippen LogP contribution in [0.1, 0.15) is 19.3 Å². The van der Waals surface area contributed by atoms with Crippen molar-refractivity contribution in [2.45, 2.75) is 19.3 Å². The molecule has 7 heteroatoms. The summed E-state index contributed by atoms with van der Waals surface area (Å²) in [5.41, 5.74) is -0.806. The van der Waals surface area contributed by atoms with Crippen molar-refractivity contribution >= 4 is 35.1 Å². The van der Waals surface area contributed by atoms with E-state index < -0.39 is 11.4 Å². The van der Waals surface area contributed by atoms with E-state index in [1.54, 1.807) is 12.1 Å². The van der Waals surface area contributed by atoms with Gasteiger partial charge in [0.1, 0.15) is 5.75 Å². The number of hydrogen-bond donors (Lipinski definition) is 2. The average molecular weight is 332 g/mol. The second kappa shape index (κ2) is 6.54. The van der Waals surface area contributed by atoms with Crippen LogP contribution in [0.5, 0.6) is 5.75 Å². The van der Waals surface area contributed by atoms with Crippen LogP contribution in [0.2, 0.25) is 10.0 Å². The molecule has 0 spiro atoms. The molecular weight excluding hydrogens is 317 g/mol. The Morgan fingerprint density at radius 2 is 2.00 bits per heavy atom. The predicted molar refractivity (Wildman–Crippen MR) is 78.9 cm³/mol. The number of rotatable bonds is 6. The quantitative estimate of drug-likeness (QED) is 0.840. The number of hydrogen-bond acceptors (Lipinski definition) is 3. The summed E-state index contributed by atoms with van der Waals surface area (Å²) in [6, 6.07) is 4.69. The molecule has 21 heavy (non-hydrogen) atoms. The lowest BCUT2D eigenvalue weighted by Gasteiger charge is -2.37. The number of carboxylic acid groups (broad SMARTS) is 1. The van der Waals surface area contributed by atoms with Crippen LogP contribution in [0.25, 0.3) is 0 Å². The highest BCUT2D eigenvalue weighted by Gasteiger charge is 2.44. The van der Waals surface area contributed by atoms with Gasteiger partial charge in [-0.2, -0.15) is 0 Å². The molecule has 1 aliphatic carbocycles. The average Bonchev–Trinajstić information content (AvgIpc) is 2.38. The summed E-state index contributed by atoms with van der Waals surface area (Å²) in [5, 5.41) is 12.5. The van der Waals surface area contributed by atoms with Crippen LogP contribution in [0.4, 0.5) is 0 Å². The van der Waals surface area contributed by atoms with Crippen molar-refractivity contribution in [2.24, 2.45) is 5.41 Å². The van der Waals surface area contributed by atoms with Gasteiger partial charge >= 0.3 is 5.97 Å². The van der Waals surface area contributed by atoms with Crippen molar-refractivity contribution in [3.05, 3.63) is 28.2 Å². The number of halogens is 2. The van der Waals surface area contributed by atoms with Gasteiger partial charge in [0.15, 0.2) is 6.61 Å². The third kappa shape index (κ3) is 3.80. The number of nitrogens with one attached hydrogen (secondary N) is 1. The van der Waals surface area contributed by atoms with E-state index in [2.05, 4.69) is 5.32 Å². The molecule has 1 saturated carbocycles. The van der Waals surface area contributed by atoms with Gasteiger partial charge in [-0.05, 0) is 25.0 Å². The van der Waals surface area contributed by atoms with Crippen molar-refractivity contribution in [1.29, 1.82) is 0 Å². The van der Waals surface area contributed by atoms with E-state index in [-0.39, 0.29) is 19.1 Å². The van der Waals surface area contributed by atoms with Gasteiger partial charge in [0.25, 0.3) is 5.91 Å². The van der Waals surface area contributed by atoms with Gasteiger partial charge in [0.2, 0.25) is 0 Å². The van der Waals surface area contributed by atoms with Crippen molar-refractivity contribution in [3.8, 4) is 5.75 Å². The molecule has 0 heterocycles. The van der Waals surface area contributed by atoms with Gasteiger partial charge in [0.05, 0.1) is 15.5 Å². The number of ether oxygens (including phenoxy) is 1. The fourth-order valence-corrected chi connectivity index (χ4v) is 2.39. The molecular formula is C14H15Cl2NO4. The molecule has 1 aromatic rings. The second-order valence-electron chi connectivity index (χ2n) is 5.08. The molecule has 1 aliphatic rings. The number of aliphatic carboxylic acids is 1. The van der Waals surface area contributed by atoms with E-state index in [0.29, 0.717) is 28.6 Å². The Bertz CT molecular complexity index is 558. The number of carboxylic acids is 1. The minimum atomic E-state index is -0.862. The first-order chi connectivity index (χ1) is 9.93. The predicted octanol–water partition coefficient (Wildman–Crippen LogP) is 2.74. The standard InChI is InChI=1S/C14H15Cl2NO4/c15-10-3-2-9(6-11(10)16)21-7-12(18)17-8-14(13(19)20)4-1-5-14/h2-3,6H,1,4-5,7-8H2,(H,17,18)(H,19,20). The van der Waals surface area contributed by atoms with Crippen LogP contribution >= 0.6 is 23.2 Å². The minimum absolute atomic E-state index is 0.131.